The van der Waals surface area contributed by atoms with Gasteiger partial charge >= 0.3 is 0 Å². The van der Waals surface area contributed by atoms with E-state index in [0.717, 1.165) is 88.2 Å². The number of benzene rings is 2. The SMILES string of the molecule is CNc1cc2c(=O)n(C)cc(-c3cc(OC)c(CN4CCC5(CC4)CN(c4ccc6c(c4)C(=O)N(C4CCC(=O)NC4=O)C6)C5)c(OC)c3)c2s1. The minimum absolute atomic E-state index is 0.0275. The average Bonchev–Trinajstić information content (AvgIpc) is 3.70. The van der Waals surface area contributed by atoms with Gasteiger partial charge in [0.2, 0.25) is 11.8 Å². The molecule has 13 heteroatoms. The average molecular weight is 711 g/mol. The number of imide groups is 1. The number of pyridine rings is 1. The van der Waals surface area contributed by atoms with Crippen molar-refractivity contribution in [3.05, 3.63) is 69.6 Å². The number of hydrogen-bond donors (Lipinski definition) is 2. The molecule has 3 saturated heterocycles. The fourth-order valence-corrected chi connectivity index (χ4v) is 9.32. The molecule has 0 bridgehead atoms. The number of fused-ring (bicyclic) bond motifs is 2. The van der Waals surface area contributed by atoms with E-state index in [4.69, 9.17) is 9.47 Å². The molecule has 0 aliphatic carbocycles. The molecule has 1 unspecified atom stereocenters. The fraction of sp³-hybridized carbons (Fsp3) is 0.421. The molecule has 51 heavy (non-hydrogen) atoms. The lowest BCUT2D eigenvalue weighted by Crippen LogP contribution is -2.60. The van der Waals surface area contributed by atoms with Gasteiger partial charge < -0.3 is 29.2 Å². The summed E-state index contributed by atoms with van der Waals surface area (Å²) in [4.78, 5) is 56.8. The van der Waals surface area contributed by atoms with Crippen LogP contribution in [0.15, 0.2) is 47.4 Å². The second-order valence-electron chi connectivity index (χ2n) is 14.3. The molecule has 1 atom stereocenters. The van der Waals surface area contributed by atoms with E-state index in [2.05, 4.69) is 38.6 Å². The highest BCUT2D eigenvalue weighted by atomic mass is 32.1. The fourth-order valence-electron chi connectivity index (χ4n) is 8.29. The van der Waals surface area contributed by atoms with Gasteiger partial charge in [0.05, 0.1) is 34.9 Å². The van der Waals surface area contributed by atoms with Crippen molar-refractivity contribution in [1.29, 1.82) is 0 Å². The number of carbonyl (C=O) groups excluding carboxylic acids is 3. The molecule has 4 aliphatic rings. The van der Waals surface area contributed by atoms with E-state index < -0.39 is 6.04 Å². The smallest absolute Gasteiger partial charge is 0.259 e. The van der Waals surface area contributed by atoms with Gasteiger partial charge in [0.25, 0.3) is 11.5 Å². The third-order valence-electron chi connectivity index (χ3n) is 11.2. The van der Waals surface area contributed by atoms with Gasteiger partial charge in [-0.1, -0.05) is 6.07 Å². The van der Waals surface area contributed by atoms with E-state index in [1.807, 2.05) is 31.4 Å². The van der Waals surface area contributed by atoms with Crippen LogP contribution < -0.4 is 30.6 Å². The predicted octanol–water partition coefficient (Wildman–Crippen LogP) is 4.19. The van der Waals surface area contributed by atoms with Gasteiger partial charge in [0, 0.05) is 75.1 Å². The summed E-state index contributed by atoms with van der Waals surface area (Å²) in [6.45, 7) is 4.89. The van der Waals surface area contributed by atoms with Crippen LogP contribution in [0.3, 0.4) is 0 Å². The Kier molecular flexibility index (Phi) is 8.29. The summed E-state index contributed by atoms with van der Waals surface area (Å²) in [6.07, 6.45) is 4.64. The number of piperidine rings is 2. The van der Waals surface area contributed by atoms with Gasteiger partial charge in [-0.3, -0.25) is 29.4 Å². The number of thiophene rings is 1. The number of ether oxygens (including phenoxy) is 2. The van der Waals surface area contributed by atoms with Crippen molar-refractivity contribution in [2.45, 2.75) is 44.8 Å². The molecule has 2 aromatic carbocycles. The monoisotopic (exact) mass is 710 g/mol. The van der Waals surface area contributed by atoms with Crippen molar-refractivity contribution in [2.24, 2.45) is 12.5 Å². The highest BCUT2D eigenvalue weighted by molar-refractivity contribution is 7.23. The molecule has 0 radical (unpaired) electrons. The lowest BCUT2D eigenvalue weighted by atomic mass is 9.71. The van der Waals surface area contributed by atoms with Crippen LogP contribution in [0.25, 0.3) is 21.2 Å². The maximum Gasteiger partial charge on any atom is 0.259 e. The second kappa shape index (κ2) is 12.7. The zero-order chi connectivity index (χ0) is 35.6. The first-order chi connectivity index (χ1) is 24.6. The summed E-state index contributed by atoms with van der Waals surface area (Å²) in [5.41, 5.74) is 5.71. The van der Waals surface area contributed by atoms with E-state index in [0.29, 0.717) is 30.5 Å². The minimum atomic E-state index is -0.606. The third-order valence-corrected chi connectivity index (χ3v) is 12.4. The van der Waals surface area contributed by atoms with Crippen LogP contribution in [-0.2, 0) is 29.7 Å². The summed E-state index contributed by atoms with van der Waals surface area (Å²) in [5, 5.41) is 7.16. The zero-order valence-corrected chi connectivity index (χ0v) is 30.2. The normalized spacial score (nSPS) is 20.1. The Morgan fingerprint density at radius 2 is 1.71 bits per heavy atom. The van der Waals surface area contributed by atoms with Crippen LogP contribution in [-0.4, -0.2) is 85.6 Å². The van der Waals surface area contributed by atoms with Gasteiger partial charge in [-0.15, -0.1) is 11.3 Å². The lowest BCUT2D eigenvalue weighted by Gasteiger charge is -2.55. The quantitative estimate of drug-likeness (QED) is 0.259. The topological polar surface area (TPSA) is 125 Å². The largest absolute Gasteiger partial charge is 0.496 e. The molecule has 266 valence electrons. The molecule has 4 aliphatic heterocycles. The number of hydrogen-bond acceptors (Lipinski definition) is 10. The van der Waals surface area contributed by atoms with Crippen LogP contribution in [0.5, 0.6) is 11.5 Å². The number of aryl methyl sites for hydroxylation is 1. The van der Waals surface area contributed by atoms with Crippen molar-refractivity contribution in [3.8, 4) is 22.6 Å². The van der Waals surface area contributed by atoms with Gasteiger partial charge in [-0.25, -0.2) is 0 Å². The zero-order valence-electron chi connectivity index (χ0n) is 29.3. The first kappa shape index (κ1) is 33.3. The van der Waals surface area contributed by atoms with E-state index in [-0.39, 0.29) is 35.1 Å². The highest BCUT2D eigenvalue weighted by Crippen LogP contribution is 2.45. The van der Waals surface area contributed by atoms with Crippen molar-refractivity contribution in [3.63, 3.8) is 0 Å². The molecule has 3 fully saturated rings. The van der Waals surface area contributed by atoms with Crippen molar-refractivity contribution >= 4 is 49.8 Å². The number of nitrogens with zero attached hydrogens (tertiary/aromatic N) is 4. The number of anilines is 2. The molecule has 12 nitrogen and oxygen atoms in total. The first-order valence-electron chi connectivity index (χ1n) is 17.4. The molecule has 2 N–H and O–H groups in total. The van der Waals surface area contributed by atoms with Crippen LogP contribution in [0.4, 0.5) is 10.7 Å². The molecule has 8 rings (SSSR count). The predicted molar refractivity (Wildman–Crippen MR) is 197 cm³/mol. The van der Waals surface area contributed by atoms with Crippen molar-refractivity contribution in [1.82, 2.24) is 19.7 Å². The Hall–Kier alpha value is -4.88. The van der Waals surface area contributed by atoms with Gasteiger partial charge in [-0.05, 0) is 73.8 Å². The third kappa shape index (κ3) is 5.72. The molecule has 3 amide bonds. The standard InChI is InChI=1S/C38H42N6O6S/c1-39-33-16-26-34(51-33)27(18-41(2)36(26)47)23-13-30(49-3)28(31(14-23)50-4)19-42-11-9-38(10-12-42)20-43(21-38)24-6-5-22-17-44(37(48)25(22)15-24)29-7-8-32(45)40-35(29)46/h5-6,13-16,18,29,39H,7-12,17,19-21H2,1-4H3,(H,40,45,46). The van der Waals surface area contributed by atoms with Gasteiger partial charge in [0.15, 0.2) is 0 Å². The molecule has 4 aromatic rings. The number of carbonyl (C=O) groups is 3. The lowest BCUT2D eigenvalue weighted by molar-refractivity contribution is -0.136. The molecule has 6 heterocycles. The van der Waals surface area contributed by atoms with Crippen molar-refractivity contribution in [2.75, 3.05) is 57.7 Å². The molecule has 0 saturated carbocycles. The van der Waals surface area contributed by atoms with E-state index in [9.17, 15) is 19.2 Å². The first-order valence-corrected chi connectivity index (χ1v) is 18.2. The number of methoxy groups -OCH3 is 2. The minimum Gasteiger partial charge on any atom is -0.496 e. The van der Waals surface area contributed by atoms with Crippen LogP contribution >= 0.6 is 11.3 Å². The summed E-state index contributed by atoms with van der Waals surface area (Å²) in [7, 11) is 7.02. The molecular weight excluding hydrogens is 669 g/mol. The molecule has 1 spiro atoms. The summed E-state index contributed by atoms with van der Waals surface area (Å²) >= 11 is 1.56. The Bertz CT molecular complexity index is 2120. The van der Waals surface area contributed by atoms with Crippen LogP contribution in [0, 0.1) is 5.41 Å². The van der Waals surface area contributed by atoms with E-state index >= 15 is 0 Å². The van der Waals surface area contributed by atoms with E-state index in [1.165, 1.54) is 0 Å². The van der Waals surface area contributed by atoms with E-state index in [1.54, 1.807) is 42.1 Å². The number of rotatable bonds is 8. The van der Waals surface area contributed by atoms with Gasteiger partial charge in [-0.2, -0.15) is 0 Å². The number of aromatic nitrogens is 1. The Morgan fingerprint density at radius 3 is 2.37 bits per heavy atom. The molecular formula is C38H42N6O6S. The number of amides is 3. The second-order valence-corrected chi connectivity index (χ2v) is 15.3. The summed E-state index contributed by atoms with van der Waals surface area (Å²) < 4.78 is 14.5. The Labute approximate surface area is 299 Å². The van der Waals surface area contributed by atoms with Gasteiger partial charge in [0.1, 0.15) is 17.5 Å². The summed E-state index contributed by atoms with van der Waals surface area (Å²) in [5.74, 6) is 0.711. The Morgan fingerprint density at radius 1 is 0.980 bits per heavy atom. The summed E-state index contributed by atoms with van der Waals surface area (Å²) in [6, 6.07) is 11.5. The van der Waals surface area contributed by atoms with Crippen LogP contribution in [0.2, 0.25) is 0 Å². The van der Waals surface area contributed by atoms with Crippen LogP contribution in [0.1, 0.15) is 47.2 Å². The number of nitrogens with one attached hydrogen (secondary N) is 2. The maximum absolute atomic E-state index is 13.4. The number of likely N-dealkylation sites (tertiary alicyclic amines) is 1. The van der Waals surface area contributed by atoms with Crippen molar-refractivity contribution < 1.29 is 23.9 Å². The maximum atomic E-state index is 13.4. The Balaban J connectivity index is 0.933. The highest BCUT2D eigenvalue weighted by Gasteiger charge is 2.46. The molecule has 2 aromatic heterocycles.